The van der Waals surface area contributed by atoms with Crippen LogP contribution >= 0.6 is 0 Å². The van der Waals surface area contributed by atoms with Gasteiger partial charge in [-0.3, -0.25) is 19.4 Å². The Kier molecular flexibility index (Phi) is 6.25. The molecule has 0 atom stereocenters. The zero-order chi connectivity index (χ0) is 21.1. The summed E-state index contributed by atoms with van der Waals surface area (Å²) in [6.45, 7) is 10.2. The highest BCUT2D eigenvalue weighted by atomic mass is 16.1. The van der Waals surface area contributed by atoms with Gasteiger partial charge in [0.05, 0.1) is 19.2 Å². The van der Waals surface area contributed by atoms with Crippen LogP contribution in [0.5, 0.6) is 0 Å². The van der Waals surface area contributed by atoms with Gasteiger partial charge in [-0.15, -0.1) is 0 Å². The van der Waals surface area contributed by atoms with Gasteiger partial charge in [0.25, 0.3) is 0 Å². The molecule has 1 aliphatic heterocycles. The first-order valence-corrected chi connectivity index (χ1v) is 10.8. The van der Waals surface area contributed by atoms with Crippen molar-refractivity contribution in [2.45, 2.75) is 20.3 Å². The van der Waals surface area contributed by atoms with Gasteiger partial charge in [0.15, 0.2) is 5.78 Å². The SMILES string of the molecule is CC(C)CN1CCN(CC(=O)Cc2cc3cc(-c4cnn(C)c4)ccc3cn2)CC1. The van der Waals surface area contributed by atoms with Crippen LogP contribution in [0.4, 0.5) is 0 Å². The Morgan fingerprint density at radius 2 is 1.77 bits per heavy atom. The number of aromatic nitrogens is 3. The molecule has 1 fully saturated rings. The van der Waals surface area contributed by atoms with Gasteiger partial charge < -0.3 is 4.90 Å². The van der Waals surface area contributed by atoms with Crippen LogP contribution in [-0.4, -0.2) is 69.6 Å². The minimum atomic E-state index is 0.238. The van der Waals surface area contributed by atoms with E-state index < -0.39 is 0 Å². The average molecular weight is 406 g/mol. The minimum absolute atomic E-state index is 0.238. The number of hydrogen-bond donors (Lipinski definition) is 0. The van der Waals surface area contributed by atoms with Crippen LogP contribution in [0.25, 0.3) is 21.9 Å². The van der Waals surface area contributed by atoms with E-state index in [0.29, 0.717) is 18.9 Å². The van der Waals surface area contributed by atoms with Crippen LogP contribution in [-0.2, 0) is 18.3 Å². The van der Waals surface area contributed by atoms with Crippen LogP contribution in [0.2, 0.25) is 0 Å². The molecule has 6 heteroatoms. The molecule has 3 heterocycles. The van der Waals surface area contributed by atoms with E-state index in [1.807, 2.05) is 31.7 Å². The maximum atomic E-state index is 12.7. The van der Waals surface area contributed by atoms with Gasteiger partial charge in [-0.25, -0.2) is 0 Å². The highest BCUT2D eigenvalue weighted by molar-refractivity contribution is 5.88. The lowest BCUT2D eigenvalue weighted by Gasteiger charge is -2.35. The number of carbonyl (C=O) groups is 1. The molecule has 1 saturated heterocycles. The smallest absolute Gasteiger partial charge is 0.152 e. The molecule has 6 nitrogen and oxygen atoms in total. The van der Waals surface area contributed by atoms with Gasteiger partial charge in [0.1, 0.15) is 0 Å². The second-order valence-electron chi connectivity index (χ2n) is 8.83. The number of aryl methyl sites for hydroxylation is 1. The van der Waals surface area contributed by atoms with Gasteiger partial charge >= 0.3 is 0 Å². The molecule has 158 valence electrons. The Morgan fingerprint density at radius 3 is 2.47 bits per heavy atom. The summed E-state index contributed by atoms with van der Waals surface area (Å²) < 4.78 is 1.80. The van der Waals surface area contributed by atoms with E-state index in [2.05, 4.69) is 51.9 Å². The zero-order valence-corrected chi connectivity index (χ0v) is 18.2. The third kappa shape index (κ3) is 5.12. The third-order valence-electron chi connectivity index (χ3n) is 5.68. The van der Waals surface area contributed by atoms with Crippen molar-refractivity contribution in [2.24, 2.45) is 13.0 Å². The van der Waals surface area contributed by atoms with Gasteiger partial charge in [-0.2, -0.15) is 5.10 Å². The number of rotatable bonds is 7. The molecule has 0 amide bonds. The van der Waals surface area contributed by atoms with Crippen molar-refractivity contribution in [3.63, 3.8) is 0 Å². The van der Waals surface area contributed by atoms with E-state index in [0.717, 1.165) is 60.3 Å². The highest BCUT2D eigenvalue weighted by Crippen LogP contribution is 2.24. The quantitative estimate of drug-likeness (QED) is 0.605. The summed E-state index contributed by atoms with van der Waals surface area (Å²) in [6, 6.07) is 8.36. The van der Waals surface area contributed by atoms with Gasteiger partial charge in [0, 0.05) is 68.8 Å². The van der Waals surface area contributed by atoms with Crippen molar-refractivity contribution in [1.82, 2.24) is 24.6 Å². The summed E-state index contributed by atoms with van der Waals surface area (Å²) in [5.41, 5.74) is 3.05. The Morgan fingerprint density at radius 1 is 1.00 bits per heavy atom. The van der Waals surface area contributed by atoms with E-state index in [-0.39, 0.29) is 5.78 Å². The average Bonchev–Trinajstić information content (AvgIpc) is 3.15. The number of ketones is 1. The monoisotopic (exact) mass is 405 g/mol. The molecule has 0 saturated carbocycles. The van der Waals surface area contributed by atoms with Crippen LogP contribution < -0.4 is 0 Å². The maximum Gasteiger partial charge on any atom is 0.152 e. The van der Waals surface area contributed by atoms with Crippen molar-refractivity contribution in [3.05, 3.63) is 48.5 Å². The van der Waals surface area contributed by atoms with Gasteiger partial charge in [0.2, 0.25) is 0 Å². The van der Waals surface area contributed by atoms with Gasteiger partial charge in [-0.1, -0.05) is 26.0 Å². The molecule has 30 heavy (non-hydrogen) atoms. The molecular weight excluding hydrogens is 374 g/mol. The summed E-state index contributed by atoms with van der Waals surface area (Å²) in [6.07, 6.45) is 6.14. The molecule has 1 aliphatic rings. The third-order valence-corrected chi connectivity index (χ3v) is 5.68. The number of piperazine rings is 1. The van der Waals surface area contributed by atoms with Crippen LogP contribution in [0.15, 0.2) is 42.9 Å². The van der Waals surface area contributed by atoms with E-state index in [9.17, 15) is 4.79 Å². The molecule has 0 radical (unpaired) electrons. The standard InChI is InChI=1S/C24H31N5O/c1-18(2)15-28-6-8-29(9-7-28)17-24(30)12-23-11-21-10-19(4-5-20(21)13-25-23)22-14-26-27(3)16-22/h4-5,10-11,13-14,16,18H,6-9,12,15,17H2,1-3H3. The summed E-state index contributed by atoms with van der Waals surface area (Å²) in [7, 11) is 1.92. The Labute approximate surface area is 178 Å². The van der Waals surface area contributed by atoms with Crippen molar-refractivity contribution in [1.29, 1.82) is 0 Å². The molecule has 0 spiro atoms. The summed E-state index contributed by atoms with van der Waals surface area (Å²) in [5, 5.41) is 6.45. The Balaban J connectivity index is 1.38. The number of fused-ring (bicyclic) bond motifs is 1. The molecule has 4 rings (SSSR count). The summed E-state index contributed by atoms with van der Waals surface area (Å²) in [4.78, 5) is 22.0. The second-order valence-corrected chi connectivity index (χ2v) is 8.83. The van der Waals surface area contributed by atoms with Crippen LogP contribution in [0, 0.1) is 5.92 Å². The van der Waals surface area contributed by atoms with Crippen LogP contribution in [0.3, 0.4) is 0 Å². The van der Waals surface area contributed by atoms with E-state index in [4.69, 9.17) is 0 Å². The first-order chi connectivity index (χ1) is 14.5. The first kappa shape index (κ1) is 20.7. The Hall–Kier alpha value is -2.57. The summed E-state index contributed by atoms with van der Waals surface area (Å²) >= 11 is 0. The fraction of sp³-hybridized carbons (Fsp3) is 0.458. The highest BCUT2D eigenvalue weighted by Gasteiger charge is 2.19. The number of hydrogen-bond acceptors (Lipinski definition) is 5. The van der Waals surface area contributed by atoms with E-state index in [1.165, 1.54) is 0 Å². The van der Waals surface area contributed by atoms with Crippen molar-refractivity contribution < 1.29 is 4.79 Å². The molecule has 0 N–H and O–H groups in total. The number of Topliss-reactive ketones (excluding diaryl/α,β-unsaturated/α-hetero) is 1. The predicted molar refractivity (Wildman–Crippen MR) is 120 cm³/mol. The molecule has 1 aromatic carbocycles. The van der Waals surface area contributed by atoms with E-state index in [1.54, 1.807) is 4.68 Å². The molecule has 3 aromatic rings. The fourth-order valence-electron chi connectivity index (χ4n) is 4.19. The topological polar surface area (TPSA) is 54.3 Å². The second kappa shape index (κ2) is 9.06. The molecular formula is C24H31N5O. The molecule has 0 bridgehead atoms. The molecule has 2 aromatic heterocycles. The zero-order valence-electron chi connectivity index (χ0n) is 18.2. The lowest BCUT2D eigenvalue weighted by molar-refractivity contribution is -0.120. The van der Waals surface area contributed by atoms with Crippen molar-refractivity contribution >= 4 is 16.6 Å². The maximum absolute atomic E-state index is 12.7. The summed E-state index contributed by atoms with van der Waals surface area (Å²) in [5.74, 6) is 0.929. The first-order valence-electron chi connectivity index (χ1n) is 10.8. The van der Waals surface area contributed by atoms with E-state index >= 15 is 0 Å². The van der Waals surface area contributed by atoms with Crippen molar-refractivity contribution in [2.75, 3.05) is 39.3 Å². The molecule has 0 unspecified atom stereocenters. The van der Waals surface area contributed by atoms with Crippen molar-refractivity contribution in [3.8, 4) is 11.1 Å². The molecule has 0 aliphatic carbocycles. The number of benzene rings is 1. The lowest BCUT2D eigenvalue weighted by Crippen LogP contribution is -2.48. The Bertz CT molecular complexity index is 1020. The van der Waals surface area contributed by atoms with Crippen LogP contribution in [0.1, 0.15) is 19.5 Å². The minimum Gasteiger partial charge on any atom is -0.301 e. The predicted octanol–water partition coefficient (Wildman–Crippen LogP) is 3.02. The number of carbonyl (C=O) groups excluding carboxylic acids is 1. The lowest BCUT2D eigenvalue weighted by atomic mass is 10.0. The number of pyridine rings is 1. The fourth-order valence-corrected chi connectivity index (χ4v) is 4.19. The number of nitrogens with zero attached hydrogens (tertiary/aromatic N) is 5. The normalized spacial score (nSPS) is 15.9. The van der Waals surface area contributed by atoms with Gasteiger partial charge in [-0.05, 0) is 29.0 Å². The largest absolute Gasteiger partial charge is 0.301 e.